The third kappa shape index (κ3) is 2.39. The minimum absolute atomic E-state index is 0.0766. The number of fused-ring (bicyclic) bond motifs is 7. The van der Waals surface area contributed by atoms with Gasteiger partial charge >= 0.3 is 0 Å². The zero-order valence-corrected chi connectivity index (χ0v) is 17.7. The molecular weight excluding hydrogens is 332 g/mol. The van der Waals surface area contributed by atoms with Crippen LogP contribution in [0.5, 0.6) is 0 Å². The van der Waals surface area contributed by atoms with Gasteiger partial charge in [-0.25, -0.2) is 0 Å². The first kappa shape index (κ1) is 18.2. The second-order valence-electron chi connectivity index (χ2n) is 10.6. The Labute approximate surface area is 153 Å². The van der Waals surface area contributed by atoms with Crippen molar-refractivity contribution in [2.75, 3.05) is 6.61 Å². The molecule has 3 fully saturated rings. The monoisotopic (exact) mass is 366 g/mol. The Morgan fingerprint density at radius 2 is 1.88 bits per heavy atom. The van der Waals surface area contributed by atoms with Gasteiger partial charge in [-0.1, -0.05) is 32.9 Å². The summed E-state index contributed by atoms with van der Waals surface area (Å²) >= 11 is 0. The summed E-state index contributed by atoms with van der Waals surface area (Å²) < 4.78 is 19.2. The summed E-state index contributed by atoms with van der Waals surface area (Å²) in [7, 11) is -1.87. The van der Waals surface area contributed by atoms with Gasteiger partial charge in [0.05, 0.1) is 12.2 Å². The molecule has 2 bridgehead atoms. The first-order valence-electron chi connectivity index (χ1n) is 9.75. The molecule has 5 heteroatoms. The lowest BCUT2D eigenvalue weighted by Gasteiger charge is -2.45. The van der Waals surface area contributed by atoms with Crippen molar-refractivity contribution >= 4 is 8.32 Å². The van der Waals surface area contributed by atoms with Crippen molar-refractivity contribution in [1.82, 2.24) is 0 Å². The lowest BCUT2D eigenvalue weighted by atomic mass is 9.69. The van der Waals surface area contributed by atoms with E-state index in [1.54, 1.807) is 0 Å². The number of allylic oxidation sites excluding steroid dienone is 2. The molecule has 2 saturated carbocycles. The zero-order valence-electron chi connectivity index (χ0n) is 16.7. The molecule has 4 nitrogen and oxygen atoms in total. The van der Waals surface area contributed by atoms with Crippen molar-refractivity contribution in [2.45, 2.75) is 83.3 Å². The lowest BCUT2D eigenvalue weighted by molar-refractivity contribution is -0.190. The minimum Gasteiger partial charge on any atom is -0.416 e. The topological polar surface area (TPSA) is 47.9 Å². The molecule has 4 rings (SSSR count). The Morgan fingerprint density at radius 1 is 1.20 bits per heavy atom. The van der Waals surface area contributed by atoms with Crippen molar-refractivity contribution in [3.63, 3.8) is 0 Å². The van der Waals surface area contributed by atoms with Gasteiger partial charge < -0.3 is 19.0 Å². The third-order valence-electron chi connectivity index (χ3n) is 7.74. The van der Waals surface area contributed by atoms with E-state index in [2.05, 4.69) is 46.0 Å². The maximum atomic E-state index is 11.1. The summed E-state index contributed by atoms with van der Waals surface area (Å²) in [6.45, 7) is 16.0. The van der Waals surface area contributed by atoms with Gasteiger partial charge in [0.25, 0.3) is 0 Å². The summed E-state index contributed by atoms with van der Waals surface area (Å²) in [4.78, 5) is 0. The van der Waals surface area contributed by atoms with Gasteiger partial charge in [0, 0.05) is 17.9 Å². The third-order valence-corrected chi connectivity index (χ3v) is 12.2. The van der Waals surface area contributed by atoms with Crippen LogP contribution in [0.4, 0.5) is 0 Å². The minimum atomic E-state index is -1.87. The maximum absolute atomic E-state index is 11.1. The van der Waals surface area contributed by atoms with Crippen LogP contribution in [-0.4, -0.2) is 44.1 Å². The molecule has 0 amide bonds. The van der Waals surface area contributed by atoms with Gasteiger partial charge in [-0.05, 0) is 50.2 Å². The highest BCUT2D eigenvalue weighted by molar-refractivity contribution is 6.74. The summed E-state index contributed by atoms with van der Waals surface area (Å²) in [5, 5.41) is 11.3. The molecular formula is C20H34O4Si. The van der Waals surface area contributed by atoms with Crippen molar-refractivity contribution < 1.29 is 19.0 Å². The quantitative estimate of drug-likeness (QED) is 0.611. The largest absolute Gasteiger partial charge is 0.416 e. The lowest BCUT2D eigenvalue weighted by Crippen LogP contribution is -2.51. The number of ether oxygens (including phenoxy) is 2. The fourth-order valence-corrected chi connectivity index (χ4v) is 6.52. The van der Waals surface area contributed by atoms with Crippen LogP contribution in [0.2, 0.25) is 18.1 Å². The van der Waals surface area contributed by atoms with Gasteiger partial charge in [0.15, 0.2) is 14.1 Å². The molecule has 1 aliphatic heterocycles. The zero-order chi connectivity index (χ0) is 18.4. The SMILES string of the molecule is CC1(C)O[C@H]2[C@@H](O1)[C@]1(CO[Si](C)(C)C(C)(C)C)C3C=CC(C3)C1[C@@H]2O. The van der Waals surface area contributed by atoms with Crippen LogP contribution in [0.25, 0.3) is 0 Å². The Bertz CT molecular complexity index is 593. The van der Waals surface area contributed by atoms with E-state index in [1.165, 1.54) is 0 Å². The summed E-state index contributed by atoms with van der Waals surface area (Å²) in [6, 6.07) is 0. The predicted octanol–water partition coefficient (Wildman–Crippen LogP) is 3.71. The van der Waals surface area contributed by atoms with Gasteiger partial charge in [-0.2, -0.15) is 0 Å². The molecule has 1 saturated heterocycles. The summed E-state index contributed by atoms with van der Waals surface area (Å²) in [5.41, 5.74) is -0.146. The molecule has 1 heterocycles. The number of aliphatic hydroxyl groups excluding tert-OH is 1. The van der Waals surface area contributed by atoms with E-state index in [0.717, 1.165) is 6.42 Å². The smallest absolute Gasteiger partial charge is 0.192 e. The van der Waals surface area contributed by atoms with Crippen LogP contribution in [0.15, 0.2) is 12.2 Å². The second-order valence-corrected chi connectivity index (χ2v) is 15.4. The Hall–Kier alpha value is -0.203. The Kier molecular flexibility index (Phi) is 3.78. The second kappa shape index (κ2) is 5.19. The average Bonchev–Trinajstić information content (AvgIpc) is 3.17. The number of hydrogen-bond acceptors (Lipinski definition) is 4. The predicted molar refractivity (Wildman–Crippen MR) is 99.6 cm³/mol. The first-order valence-corrected chi connectivity index (χ1v) is 12.7. The van der Waals surface area contributed by atoms with Crippen LogP contribution in [-0.2, 0) is 13.9 Å². The van der Waals surface area contributed by atoms with Crippen LogP contribution >= 0.6 is 0 Å². The molecule has 4 aliphatic rings. The van der Waals surface area contributed by atoms with Gasteiger partial charge in [-0.3, -0.25) is 0 Å². The molecule has 0 aromatic carbocycles. The fraction of sp³-hybridized carbons (Fsp3) is 0.900. The van der Waals surface area contributed by atoms with E-state index in [9.17, 15) is 5.11 Å². The van der Waals surface area contributed by atoms with Crippen molar-refractivity contribution in [1.29, 1.82) is 0 Å². The van der Waals surface area contributed by atoms with E-state index in [4.69, 9.17) is 13.9 Å². The van der Waals surface area contributed by atoms with Gasteiger partial charge in [0.1, 0.15) is 6.10 Å². The standard InChI is InChI=1S/C20H34O4Si/c1-18(2,3)25(6,7)22-11-20-13-9-8-12(10-13)14(20)15(21)16-17(20)24-19(4,5)23-16/h8-9,12-17,21H,10-11H2,1-7H3/t12?,13?,14?,15-,16+,17+,20+/m0/s1. The fourth-order valence-electron chi connectivity index (χ4n) is 5.48. The van der Waals surface area contributed by atoms with Crippen LogP contribution in [0, 0.1) is 23.2 Å². The Morgan fingerprint density at radius 3 is 2.52 bits per heavy atom. The number of hydrogen-bond donors (Lipinski definition) is 1. The van der Waals surface area contributed by atoms with E-state index in [0.29, 0.717) is 18.4 Å². The van der Waals surface area contributed by atoms with E-state index < -0.39 is 20.2 Å². The van der Waals surface area contributed by atoms with Crippen LogP contribution in [0.1, 0.15) is 41.0 Å². The highest BCUT2D eigenvalue weighted by Crippen LogP contribution is 2.67. The van der Waals surface area contributed by atoms with Gasteiger partial charge in [-0.15, -0.1) is 0 Å². The molecule has 1 N–H and O–H groups in total. The van der Waals surface area contributed by atoms with E-state index >= 15 is 0 Å². The van der Waals surface area contributed by atoms with Crippen molar-refractivity contribution in [3.05, 3.63) is 12.2 Å². The number of aliphatic hydroxyl groups is 1. The highest BCUT2D eigenvalue weighted by atomic mass is 28.4. The molecule has 0 aromatic rings. The van der Waals surface area contributed by atoms with Crippen LogP contribution in [0.3, 0.4) is 0 Å². The van der Waals surface area contributed by atoms with Crippen LogP contribution < -0.4 is 0 Å². The molecule has 7 atom stereocenters. The summed E-state index contributed by atoms with van der Waals surface area (Å²) in [6.07, 6.45) is 5.00. The first-order chi connectivity index (χ1) is 11.4. The molecule has 0 spiro atoms. The summed E-state index contributed by atoms with van der Waals surface area (Å²) in [5.74, 6) is 0.424. The van der Waals surface area contributed by atoms with E-state index in [1.807, 2.05) is 13.8 Å². The normalized spacial score (nSPS) is 47.4. The molecule has 3 unspecified atom stereocenters. The highest BCUT2D eigenvalue weighted by Gasteiger charge is 2.73. The average molecular weight is 367 g/mol. The number of rotatable bonds is 3. The molecule has 25 heavy (non-hydrogen) atoms. The molecule has 0 aromatic heterocycles. The van der Waals surface area contributed by atoms with Crippen molar-refractivity contribution in [3.8, 4) is 0 Å². The molecule has 0 radical (unpaired) electrons. The molecule has 3 aliphatic carbocycles. The maximum Gasteiger partial charge on any atom is 0.192 e. The van der Waals surface area contributed by atoms with E-state index in [-0.39, 0.29) is 28.6 Å². The molecule has 142 valence electrons. The Balaban J connectivity index is 1.68. The van der Waals surface area contributed by atoms with Gasteiger partial charge in [0.2, 0.25) is 0 Å². The van der Waals surface area contributed by atoms with Crippen molar-refractivity contribution in [2.24, 2.45) is 23.2 Å².